The maximum Gasteiger partial charge on any atom is 0.227 e. The minimum absolute atomic E-state index is 0.0262. The summed E-state index contributed by atoms with van der Waals surface area (Å²) in [7, 11) is 0. The SMILES string of the molecule is Cc1cc(Cl)ccc1NC(=O)C1CCN(C(=O)C(C)(C)C)CC1. The van der Waals surface area contributed by atoms with Crippen molar-refractivity contribution in [1.82, 2.24) is 4.90 Å². The van der Waals surface area contributed by atoms with Crippen LogP contribution in [0, 0.1) is 18.3 Å². The van der Waals surface area contributed by atoms with Crippen LogP contribution in [0.15, 0.2) is 18.2 Å². The van der Waals surface area contributed by atoms with Crippen molar-refractivity contribution in [3.8, 4) is 0 Å². The van der Waals surface area contributed by atoms with Crippen molar-refractivity contribution < 1.29 is 9.59 Å². The minimum atomic E-state index is -0.366. The van der Waals surface area contributed by atoms with E-state index < -0.39 is 0 Å². The van der Waals surface area contributed by atoms with Gasteiger partial charge in [-0.25, -0.2) is 0 Å². The van der Waals surface area contributed by atoms with Crippen LogP contribution in [0.5, 0.6) is 0 Å². The van der Waals surface area contributed by atoms with Gasteiger partial charge in [-0.3, -0.25) is 9.59 Å². The van der Waals surface area contributed by atoms with Gasteiger partial charge in [0.2, 0.25) is 11.8 Å². The molecule has 1 aliphatic rings. The van der Waals surface area contributed by atoms with E-state index in [0.717, 1.165) is 11.3 Å². The predicted molar refractivity (Wildman–Crippen MR) is 93.6 cm³/mol. The predicted octanol–water partition coefficient (Wildman–Crippen LogP) is 3.87. The van der Waals surface area contributed by atoms with E-state index in [4.69, 9.17) is 11.6 Å². The number of nitrogens with zero attached hydrogens (tertiary/aromatic N) is 1. The summed E-state index contributed by atoms with van der Waals surface area (Å²) in [6.45, 7) is 9.00. The van der Waals surface area contributed by atoms with Gasteiger partial charge in [-0.05, 0) is 43.5 Å². The van der Waals surface area contributed by atoms with Crippen molar-refractivity contribution in [3.05, 3.63) is 28.8 Å². The number of carbonyl (C=O) groups excluding carboxylic acids is 2. The summed E-state index contributed by atoms with van der Waals surface area (Å²) in [5.74, 6) is 0.136. The topological polar surface area (TPSA) is 49.4 Å². The van der Waals surface area contributed by atoms with Gasteiger partial charge < -0.3 is 10.2 Å². The highest BCUT2D eigenvalue weighted by Crippen LogP contribution is 2.25. The lowest BCUT2D eigenvalue weighted by Gasteiger charge is -2.35. The second kappa shape index (κ2) is 6.91. The van der Waals surface area contributed by atoms with Gasteiger partial charge in [0.1, 0.15) is 0 Å². The van der Waals surface area contributed by atoms with Crippen molar-refractivity contribution in [2.24, 2.45) is 11.3 Å². The van der Waals surface area contributed by atoms with E-state index in [1.54, 1.807) is 6.07 Å². The van der Waals surface area contributed by atoms with Gasteiger partial charge in [0, 0.05) is 35.1 Å². The molecule has 0 bridgehead atoms. The normalized spacial score (nSPS) is 16.3. The minimum Gasteiger partial charge on any atom is -0.342 e. The lowest BCUT2D eigenvalue weighted by molar-refractivity contribution is -0.142. The first kappa shape index (κ1) is 17.8. The number of piperidine rings is 1. The van der Waals surface area contributed by atoms with Gasteiger partial charge in [0.05, 0.1) is 0 Å². The molecule has 126 valence electrons. The number of anilines is 1. The zero-order valence-corrected chi connectivity index (χ0v) is 15.0. The molecule has 23 heavy (non-hydrogen) atoms. The Morgan fingerprint density at radius 2 is 1.83 bits per heavy atom. The van der Waals surface area contributed by atoms with Crippen molar-refractivity contribution in [3.63, 3.8) is 0 Å². The molecule has 2 amide bonds. The third-order valence-corrected chi connectivity index (χ3v) is 4.48. The molecular formula is C18H25ClN2O2. The van der Waals surface area contributed by atoms with Crippen molar-refractivity contribution in [2.45, 2.75) is 40.5 Å². The Morgan fingerprint density at radius 1 is 1.22 bits per heavy atom. The van der Waals surface area contributed by atoms with Gasteiger partial charge in [0.25, 0.3) is 0 Å². The van der Waals surface area contributed by atoms with Gasteiger partial charge in [-0.2, -0.15) is 0 Å². The molecule has 0 radical (unpaired) electrons. The largest absolute Gasteiger partial charge is 0.342 e. The molecule has 0 saturated carbocycles. The Kier molecular flexibility index (Phi) is 5.35. The van der Waals surface area contributed by atoms with Crippen LogP contribution < -0.4 is 5.32 Å². The first-order valence-corrected chi connectivity index (χ1v) is 8.42. The molecule has 0 unspecified atom stereocenters. The fourth-order valence-corrected chi connectivity index (χ4v) is 3.05. The summed E-state index contributed by atoms with van der Waals surface area (Å²) in [6, 6.07) is 5.43. The number of aryl methyl sites for hydroxylation is 1. The van der Waals surface area contributed by atoms with Gasteiger partial charge in [-0.15, -0.1) is 0 Å². The Bertz CT molecular complexity index is 600. The highest BCUT2D eigenvalue weighted by molar-refractivity contribution is 6.30. The fourth-order valence-electron chi connectivity index (χ4n) is 2.82. The standard InChI is InChI=1S/C18H25ClN2O2/c1-12-11-14(19)5-6-15(12)20-16(22)13-7-9-21(10-8-13)17(23)18(2,3)4/h5-6,11,13H,7-10H2,1-4H3,(H,20,22). The van der Waals surface area contributed by atoms with Crippen LogP contribution in [0.1, 0.15) is 39.2 Å². The van der Waals surface area contributed by atoms with E-state index in [0.29, 0.717) is 31.0 Å². The smallest absolute Gasteiger partial charge is 0.227 e. The number of hydrogen-bond acceptors (Lipinski definition) is 2. The van der Waals surface area contributed by atoms with E-state index in [1.165, 1.54) is 0 Å². The zero-order valence-electron chi connectivity index (χ0n) is 14.3. The molecule has 2 rings (SSSR count). The molecular weight excluding hydrogens is 312 g/mol. The number of nitrogens with one attached hydrogen (secondary N) is 1. The van der Waals surface area contributed by atoms with Crippen molar-refractivity contribution >= 4 is 29.1 Å². The van der Waals surface area contributed by atoms with E-state index >= 15 is 0 Å². The third kappa shape index (κ3) is 4.47. The molecule has 0 aliphatic carbocycles. The van der Waals surface area contributed by atoms with Crippen LogP contribution in [0.2, 0.25) is 5.02 Å². The van der Waals surface area contributed by atoms with E-state index in [2.05, 4.69) is 5.32 Å². The lowest BCUT2D eigenvalue weighted by atomic mass is 9.90. The van der Waals surface area contributed by atoms with Crippen molar-refractivity contribution in [2.75, 3.05) is 18.4 Å². The van der Waals surface area contributed by atoms with Crippen LogP contribution in [0.4, 0.5) is 5.69 Å². The molecule has 0 aromatic heterocycles. The second-order valence-electron chi connectivity index (χ2n) is 7.26. The van der Waals surface area contributed by atoms with E-state index in [9.17, 15) is 9.59 Å². The summed E-state index contributed by atoms with van der Waals surface area (Å²) in [5, 5.41) is 3.64. The van der Waals surface area contributed by atoms with Crippen LogP contribution in [0.3, 0.4) is 0 Å². The molecule has 1 aromatic carbocycles. The molecule has 1 N–H and O–H groups in total. The first-order chi connectivity index (χ1) is 10.7. The van der Waals surface area contributed by atoms with Crippen LogP contribution in [-0.2, 0) is 9.59 Å². The Morgan fingerprint density at radius 3 is 2.35 bits per heavy atom. The third-order valence-electron chi connectivity index (χ3n) is 4.24. The second-order valence-corrected chi connectivity index (χ2v) is 7.70. The number of rotatable bonds is 2. The number of carbonyl (C=O) groups is 2. The Balaban J connectivity index is 1.92. The van der Waals surface area contributed by atoms with E-state index in [-0.39, 0.29) is 23.1 Å². The molecule has 1 saturated heterocycles. The van der Waals surface area contributed by atoms with Crippen LogP contribution >= 0.6 is 11.6 Å². The van der Waals surface area contributed by atoms with Crippen molar-refractivity contribution in [1.29, 1.82) is 0 Å². The molecule has 0 spiro atoms. The summed E-state index contributed by atoms with van der Waals surface area (Å²) in [5.41, 5.74) is 1.38. The monoisotopic (exact) mass is 336 g/mol. The summed E-state index contributed by atoms with van der Waals surface area (Å²) < 4.78 is 0. The number of halogens is 1. The molecule has 1 fully saturated rings. The zero-order chi connectivity index (χ0) is 17.2. The molecule has 5 heteroatoms. The average molecular weight is 337 g/mol. The van der Waals surface area contributed by atoms with Crippen LogP contribution in [-0.4, -0.2) is 29.8 Å². The highest BCUT2D eigenvalue weighted by Gasteiger charge is 2.32. The quantitative estimate of drug-likeness (QED) is 0.891. The number of benzene rings is 1. The molecule has 1 aromatic rings. The molecule has 0 atom stereocenters. The summed E-state index contributed by atoms with van der Waals surface area (Å²) in [6.07, 6.45) is 1.42. The maximum atomic E-state index is 12.4. The van der Waals surface area contributed by atoms with Gasteiger partial charge in [-0.1, -0.05) is 32.4 Å². The number of hydrogen-bond donors (Lipinski definition) is 1. The summed E-state index contributed by atoms with van der Waals surface area (Å²) >= 11 is 5.93. The molecule has 4 nitrogen and oxygen atoms in total. The Hall–Kier alpha value is -1.55. The number of amides is 2. The lowest BCUT2D eigenvalue weighted by Crippen LogP contribution is -2.45. The first-order valence-electron chi connectivity index (χ1n) is 8.05. The molecule has 1 heterocycles. The Labute approximate surface area is 143 Å². The van der Waals surface area contributed by atoms with Crippen LogP contribution in [0.25, 0.3) is 0 Å². The average Bonchev–Trinajstić information content (AvgIpc) is 2.48. The molecule has 1 aliphatic heterocycles. The highest BCUT2D eigenvalue weighted by atomic mass is 35.5. The fraction of sp³-hybridized carbons (Fsp3) is 0.556. The van der Waals surface area contributed by atoms with Gasteiger partial charge in [0.15, 0.2) is 0 Å². The summed E-state index contributed by atoms with van der Waals surface area (Å²) in [4.78, 5) is 26.6. The van der Waals surface area contributed by atoms with Gasteiger partial charge >= 0.3 is 0 Å². The van der Waals surface area contributed by atoms with E-state index in [1.807, 2.05) is 44.7 Å². The number of likely N-dealkylation sites (tertiary alicyclic amines) is 1. The maximum absolute atomic E-state index is 12.4.